The van der Waals surface area contributed by atoms with Crippen LogP contribution in [0, 0.1) is 13.8 Å². The van der Waals surface area contributed by atoms with Crippen LogP contribution in [-0.2, 0) is 29.1 Å². The molecule has 5 heteroatoms. The molecule has 0 radical (unpaired) electrons. The van der Waals surface area contributed by atoms with Gasteiger partial charge in [-0.2, -0.15) is 12.8 Å². The average molecular weight is 578 g/mol. The van der Waals surface area contributed by atoms with E-state index in [4.69, 9.17) is 0 Å². The van der Waals surface area contributed by atoms with E-state index in [1.54, 1.807) is 0 Å². The largest absolute Gasteiger partial charge is 2.00 e. The molecule has 4 nitrogen and oxygen atoms in total. The van der Waals surface area contributed by atoms with E-state index < -0.39 is 11.9 Å². The monoisotopic (exact) mass is 576 g/mol. The maximum Gasteiger partial charge on any atom is 2.00 e. The van der Waals surface area contributed by atoms with Crippen molar-refractivity contribution in [3.8, 4) is 0 Å². The first-order valence-corrected chi connectivity index (χ1v) is 15.4. The minimum atomic E-state index is -0.909. The van der Waals surface area contributed by atoms with Crippen LogP contribution in [0.1, 0.15) is 182 Å². The standard InChI is InChI=1S/2C12H24O2.2C4H9.Zn/c2*1-2-3-4-5-6-7-8-9-10-11-12(13)14;2*1-3-4-2;/h2*2-11H2,1H3,(H,13,14);2*1,3-4H2,2H3;/q;;2*-1;+2/p-2. The molecular formula is C32H64O4Zn-2. The number of carbonyl (C=O) groups is 2. The summed E-state index contributed by atoms with van der Waals surface area (Å²) < 4.78 is 0. The number of carboxylic acid groups (broad SMARTS) is 2. The van der Waals surface area contributed by atoms with E-state index in [1.165, 1.54) is 103 Å². The topological polar surface area (TPSA) is 80.3 Å². The zero-order valence-corrected chi connectivity index (χ0v) is 28.7. The maximum atomic E-state index is 10.1. The summed E-state index contributed by atoms with van der Waals surface area (Å²) in [4.78, 5) is 20.2. The van der Waals surface area contributed by atoms with Crippen molar-refractivity contribution in [3.05, 3.63) is 13.8 Å². The Balaban J connectivity index is -0.000000140. The van der Waals surface area contributed by atoms with Crippen LogP contribution in [0.2, 0.25) is 0 Å². The molecule has 0 aliphatic rings. The smallest absolute Gasteiger partial charge is 0.550 e. The van der Waals surface area contributed by atoms with Gasteiger partial charge in [0.25, 0.3) is 0 Å². The minimum Gasteiger partial charge on any atom is -0.550 e. The van der Waals surface area contributed by atoms with Gasteiger partial charge in [-0.05, 0) is 25.7 Å². The number of carboxylic acids is 2. The number of hydrogen-bond donors (Lipinski definition) is 0. The summed E-state index contributed by atoms with van der Waals surface area (Å²) in [5.74, 6) is -1.82. The Morgan fingerprint density at radius 3 is 0.784 bits per heavy atom. The predicted octanol–water partition coefficient (Wildman–Crippen LogP) is 8.55. The summed E-state index contributed by atoms with van der Waals surface area (Å²) in [5.41, 5.74) is 0. The van der Waals surface area contributed by atoms with E-state index in [1.807, 2.05) is 0 Å². The normalized spacial score (nSPS) is 9.46. The summed E-state index contributed by atoms with van der Waals surface area (Å²) in [6, 6.07) is 0. The van der Waals surface area contributed by atoms with Gasteiger partial charge in [0.2, 0.25) is 0 Å². The fraction of sp³-hybridized carbons (Fsp3) is 0.875. The first-order valence-electron chi connectivity index (χ1n) is 15.4. The molecule has 0 atom stereocenters. The molecule has 0 unspecified atom stereocenters. The van der Waals surface area contributed by atoms with Crippen LogP contribution in [0.5, 0.6) is 0 Å². The Kier molecular flexibility index (Phi) is 61.0. The van der Waals surface area contributed by atoms with Crippen LogP contribution < -0.4 is 10.2 Å². The van der Waals surface area contributed by atoms with Gasteiger partial charge in [0, 0.05) is 11.9 Å². The zero-order valence-electron chi connectivity index (χ0n) is 25.7. The van der Waals surface area contributed by atoms with Crippen molar-refractivity contribution in [2.75, 3.05) is 0 Å². The quantitative estimate of drug-likeness (QED) is 0.0733. The second kappa shape index (κ2) is 48.6. The summed E-state index contributed by atoms with van der Waals surface area (Å²) in [6.45, 7) is 15.9. The molecule has 220 valence electrons. The van der Waals surface area contributed by atoms with E-state index in [9.17, 15) is 19.8 Å². The van der Waals surface area contributed by atoms with E-state index in [0.29, 0.717) is 0 Å². The number of hydrogen-bond acceptors (Lipinski definition) is 4. The van der Waals surface area contributed by atoms with Crippen LogP contribution >= 0.6 is 0 Å². The Bertz CT molecular complexity index is 349. The molecule has 0 bridgehead atoms. The summed E-state index contributed by atoms with van der Waals surface area (Å²) in [5, 5.41) is 20.2. The van der Waals surface area contributed by atoms with Crippen molar-refractivity contribution in [2.24, 2.45) is 0 Å². The maximum absolute atomic E-state index is 10.1. The molecule has 0 spiro atoms. The second-order valence-electron chi connectivity index (χ2n) is 9.61. The van der Waals surface area contributed by atoms with E-state index >= 15 is 0 Å². The molecule has 0 N–H and O–H groups in total. The van der Waals surface area contributed by atoms with Gasteiger partial charge in [-0.15, -0.1) is 0 Å². The van der Waals surface area contributed by atoms with Gasteiger partial charge >= 0.3 is 19.5 Å². The Hall–Kier alpha value is -0.437. The summed E-state index contributed by atoms with van der Waals surface area (Å²) in [6.07, 6.45) is 26.9. The van der Waals surface area contributed by atoms with Crippen LogP contribution in [0.15, 0.2) is 0 Å². The molecule has 0 heterocycles. The van der Waals surface area contributed by atoms with Gasteiger partial charge in [0.15, 0.2) is 0 Å². The molecule has 0 aliphatic carbocycles. The summed E-state index contributed by atoms with van der Waals surface area (Å²) in [7, 11) is 0. The Labute approximate surface area is 246 Å². The van der Waals surface area contributed by atoms with E-state index in [-0.39, 0.29) is 32.3 Å². The molecule has 37 heavy (non-hydrogen) atoms. The third-order valence-electron chi connectivity index (χ3n) is 5.68. The van der Waals surface area contributed by atoms with Crippen molar-refractivity contribution in [1.29, 1.82) is 0 Å². The molecule has 0 aliphatic heterocycles. The van der Waals surface area contributed by atoms with Gasteiger partial charge in [0.05, 0.1) is 0 Å². The van der Waals surface area contributed by atoms with Crippen molar-refractivity contribution in [3.63, 3.8) is 0 Å². The van der Waals surface area contributed by atoms with Gasteiger partial charge in [-0.3, -0.25) is 0 Å². The fourth-order valence-electron chi connectivity index (χ4n) is 3.16. The van der Waals surface area contributed by atoms with Crippen LogP contribution in [0.25, 0.3) is 0 Å². The molecule has 0 amide bonds. The van der Waals surface area contributed by atoms with Gasteiger partial charge in [-0.1, -0.05) is 143 Å². The number of aliphatic carboxylic acids is 2. The molecular weight excluding hydrogens is 514 g/mol. The molecule has 0 saturated carbocycles. The van der Waals surface area contributed by atoms with Crippen molar-refractivity contribution in [1.82, 2.24) is 0 Å². The average Bonchev–Trinajstić information content (AvgIpc) is 2.87. The number of rotatable bonds is 22. The molecule has 0 fully saturated rings. The molecule has 0 saturated heterocycles. The first-order chi connectivity index (χ1) is 17.4. The van der Waals surface area contributed by atoms with Crippen LogP contribution in [-0.4, -0.2) is 11.9 Å². The molecule has 0 rings (SSSR count). The van der Waals surface area contributed by atoms with Crippen molar-refractivity contribution in [2.45, 2.75) is 182 Å². The Morgan fingerprint density at radius 1 is 0.432 bits per heavy atom. The third kappa shape index (κ3) is 72.2. The van der Waals surface area contributed by atoms with Crippen molar-refractivity contribution < 1.29 is 39.3 Å². The van der Waals surface area contributed by atoms with Gasteiger partial charge in [-0.25, -0.2) is 0 Å². The second-order valence-corrected chi connectivity index (χ2v) is 9.61. The van der Waals surface area contributed by atoms with Gasteiger partial charge in [0.1, 0.15) is 0 Å². The van der Waals surface area contributed by atoms with Crippen molar-refractivity contribution >= 4 is 11.9 Å². The fourth-order valence-corrected chi connectivity index (χ4v) is 3.16. The van der Waals surface area contributed by atoms with E-state index in [0.717, 1.165) is 38.5 Å². The predicted molar refractivity (Wildman–Crippen MR) is 154 cm³/mol. The van der Waals surface area contributed by atoms with E-state index in [2.05, 4.69) is 41.5 Å². The zero-order chi connectivity index (χ0) is 28.1. The number of unbranched alkanes of at least 4 members (excludes halogenated alkanes) is 18. The molecule has 0 aromatic rings. The molecule has 0 aromatic carbocycles. The SMILES string of the molecule is CCCCCCCCCCCC(=O)[O-].CCCCCCCCCCCC(=O)[O-].[CH2-]CCC.[CH2-]CCC.[Zn+2]. The van der Waals surface area contributed by atoms with Gasteiger partial charge < -0.3 is 33.6 Å². The first kappa shape index (κ1) is 46.4. The third-order valence-corrected chi connectivity index (χ3v) is 5.68. The minimum absolute atomic E-state index is 0. The summed E-state index contributed by atoms with van der Waals surface area (Å²) >= 11 is 0. The molecule has 0 aromatic heterocycles. The van der Waals surface area contributed by atoms with Crippen LogP contribution in [0.4, 0.5) is 0 Å². The Morgan fingerprint density at radius 2 is 0.622 bits per heavy atom. The number of carbonyl (C=O) groups excluding carboxylic acids is 2. The van der Waals surface area contributed by atoms with Crippen LogP contribution in [0.3, 0.4) is 0 Å².